The van der Waals surface area contributed by atoms with Gasteiger partial charge in [0.25, 0.3) is 0 Å². The van der Waals surface area contributed by atoms with E-state index in [1.54, 1.807) is 37.4 Å². The molecule has 0 aliphatic heterocycles. The fourth-order valence-corrected chi connectivity index (χ4v) is 2.97. The van der Waals surface area contributed by atoms with Gasteiger partial charge in [0.05, 0.1) is 21.3 Å². The molecule has 0 atom stereocenters. The predicted octanol–water partition coefficient (Wildman–Crippen LogP) is -0.789. The van der Waals surface area contributed by atoms with Crippen LogP contribution in [0.3, 0.4) is 0 Å². The fourth-order valence-electron chi connectivity index (χ4n) is 2.97. The monoisotopic (exact) mass is 448 g/mol. The summed E-state index contributed by atoms with van der Waals surface area (Å²) < 4.78 is 27.6. The minimum atomic E-state index is -0.253. The number of nitrogens with zero attached hydrogens (tertiary/aromatic N) is 4. The predicted molar refractivity (Wildman–Crippen MR) is 105 cm³/mol. The topological polar surface area (TPSA) is 120 Å². The van der Waals surface area contributed by atoms with E-state index in [4.69, 9.17) is 23.4 Å². The Balaban J connectivity index is 0.00000272. The Hall–Kier alpha value is -2.44. The first-order chi connectivity index (χ1) is 14.6. The molecule has 0 bridgehead atoms. The average Bonchev–Trinajstić information content (AvgIpc) is 3.30. The number of hydrogen-bond donors (Lipinski definition) is 0. The number of benzene rings is 2. The summed E-state index contributed by atoms with van der Waals surface area (Å²) in [4.78, 5) is 12.8. The molecule has 0 radical (unpaired) electrons. The molecule has 11 heteroatoms. The minimum Gasteiger partial charge on any atom is -0.496 e. The molecule has 0 saturated carbocycles. The minimum absolute atomic E-state index is 0. The molecule has 0 fully saturated rings. The van der Waals surface area contributed by atoms with Crippen LogP contribution in [0.5, 0.6) is 23.0 Å². The second kappa shape index (κ2) is 10.2. The molecule has 4 aromatic rings. The first kappa shape index (κ1) is 23.2. The van der Waals surface area contributed by atoms with Gasteiger partial charge in [-0.2, -0.15) is 5.21 Å². The van der Waals surface area contributed by atoms with Gasteiger partial charge in [0, 0.05) is 29.6 Å². The van der Waals surface area contributed by atoms with Crippen molar-refractivity contribution in [2.24, 2.45) is 0 Å². The molecule has 154 valence electrons. The Bertz CT molecular complexity index is 1240. The molecular weight excluding hydrogens is 431 g/mol. The molecule has 0 saturated heterocycles. The molecule has 0 aliphatic rings. The van der Waals surface area contributed by atoms with Crippen molar-refractivity contribution in [3.05, 3.63) is 52.4 Å². The summed E-state index contributed by atoms with van der Waals surface area (Å²) in [6.07, 6.45) is 0. The van der Waals surface area contributed by atoms with Crippen molar-refractivity contribution in [2.75, 3.05) is 21.3 Å². The molecule has 0 unspecified atom stereocenters. The first-order valence-electron chi connectivity index (χ1n) is 8.81. The molecule has 10 nitrogen and oxygen atoms in total. The van der Waals surface area contributed by atoms with Crippen LogP contribution in [0.1, 0.15) is 5.82 Å². The Kier molecular flexibility index (Phi) is 7.67. The van der Waals surface area contributed by atoms with Gasteiger partial charge in [0.15, 0.2) is 16.9 Å². The third-order valence-corrected chi connectivity index (χ3v) is 4.38. The number of methoxy groups -OCH3 is 3. The summed E-state index contributed by atoms with van der Waals surface area (Å²) in [5.41, 5.74) is 0.706. The fraction of sp³-hybridized carbons (Fsp3) is 0.200. The van der Waals surface area contributed by atoms with E-state index in [1.807, 2.05) is 0 Å². The van der Waals surface area contributed by atoms with Crippen LogP contribution < -0.4 is 80.9 Å². The number of tetrazole rings is 1. The molecule has 0 aliphatic carbocycles. The first-order valence-corrected chi connectivity index (χ1v) is 8.81. The summed E-state index contributed by atoms with van der Waals surface area (Å²) in [5.74, 6) is 2.52. The Morgan fingerprint density at radius 1 is 0.968 bits per heavy atom. The Morgan fingerprint density at radius 3 is 2.42 bits per heavy atom. The summed E-state index contributed by atoms with van der Waals surface area (Å²) in [6, 6.07) is 9.84. The van der Waals surface area contributed by atoms with Crippen molar-refractivity contribution in [1.29, 1.82) is 0 Å². The van der Waals surface area contributed by atoms with E-state index in [0.717, 1.165) is 0 Å². The molecule has 0 spiro atoms. The quantitative estimate of drug-likeness (QED) is 0.333. The molecule has 4 rings (SSSR count). The number of rotatable bonds is 7. The largest absolute Gasteiger partial charge is 1.00 e. The van der Waals surface area contributed by atoms with Gasteiger partial charge in [-0.1, -0.05) is 0 Å². The molecule has 2 aromatic heterocycles. The van der Waals surface area contributed by atoms with Crippen LogP contribution in [0.4, 0.5) is 0 Å². The van der Waals surface area contributed by atoms with Crippen molar-refractivity contribution in [3.63, 3.8) is 0 Å². The molecule has 2 aromatic carbocycles. The van der Waals surface area contributed by atoms with Gasteiger partial charge in [0.1, 0.15) is 34.8 Å². The zero-order valence-electron chi connectivity index (χ0n) is 17.4. The van der Waals surface area contributed by atoms with Crippen LogP contribution in [0.25, 0.3) is 22.3 Å². The standard InChI is InChI=1S/C20H17N4O6.K/c1-26-14-5-4-11(6-16(14)27-2)15-9-13(25)20-17(28-3)7-12(8-18(20)30-15)29-10-19-21-23-24-22-19;/h4-9H,10H2,1-3H3;/q-1;+1. The summed E-state index contributed by atoms with van der Waals surface area (Å²) in [6.45, 7) is 0.0568. The van der Waals surface area contributed by atoms with Crippen molar-refractivity contribution in [3.8, 4) is 34.3 Å². The Labute approximate surface area is 219 Å². The van der Waals surface area contributed by atoms with E-state index >= 15 is 0 Å². The zero-order chi connectivity index (χ0) is 21.1. The van der Waals surface area contributed by atoms with Crippen LogP contribution in [0, 0.1) is 0 Å². The van der Waals surface area contributed by atoms with Gasteiger partial charge in [-0.25, -0.2) is 0 Å². The molecule has 2 heterocycles. The van der Waals surface area contributed by atoms with Crippen molar-refractivity contribution >= 4 is 11.0 Å². The second-order valence-corrected chi connectivity index (χ2v) is 6.13. The summed E-state index contributed by atoms with van der Waals surface area (Å²) in [5, 5.41) is 14.5. The van der Waals surface area contributed by atoms with Crippen LogP contribution in [-0.2, 0) is 6.61 Å². The SMILES string of the molecule is COc1ccc(-c2cc(=O)c3c(OC)cc(OCc4nnn[n-]4)cc3o2)cc1OC.[K+]. The van der Waals surface area contributed by atoms with Crippen molar-refractivity contribution < 1.29 is 74.7 Å². The normalized spacial score (nSPS) is 10.4. The van der Waals surface area contributed by atoms with Gasteiger partial charge < -0.3 is 28.5 Å². The van der Waals surface area contributed by atoms with E-state index in [2.05, 4.69) is 20.6 Å². The van der Waals surface area contributed by atoms with Gasteiger partial charge in [0.2, 0.25) is 0 Å². The number of fused-ring (bicyclic) bond motifs is 1. The summed E-state index contributed by atoms with van der Waals surface area (Å²) >= 11 is 0. The van der Waals surface area contributed by atoms with Crippen LogP contribution in [-0.4, -0.2) is 36.9 Å². The number of aromatic nitrogens is 4. The summed E-state index contributed by atoms with van der Waals surface area (Å²) in [7, 11) is 4.55. The second-order valence-electron chi connectivity index (χ2n) is 6.13. The maximum absolute atomic E-state index is 12.8. The van der Waals surface area contributed by atoms with Crippen molar-refractivity contribution in [1.82, 2.24) is 20.6 Å². The smallest absolute Gasteiger partial charge is 0.496 e. The van der Waals surface area contributed by atoms with Gasteiger partial charge in [-0.05, 0) is 18.2 Å². The van der Waals surface area contributed by atoms with E-state index in [1.165, 1.54) is 20.3 Å². The van der Waals surface area contributed by atoms with E-state index < -0.39 is 0 Å². The van der Waals surface area contributed by atoms with E-state index in [-0.39, 0.29) is 63.4 Å². The third kappa shape index (κ3) is 4.91. The van der Waals surface area contributed by atoms with Gasteiger partial charge in [-0.15, -0.1) is 0 Å². The number of ether oxygens (including phenoxy) is 4. The Morgan fingerprint density at radius 2 is 1.74 bits per heavy atom. The number of hydrogen-bond acceptors (Lipinski definition) is 9. The van der Waals surface area contributed by atoms with Crippen LogP contribution in [0.15, 0.2) is 45.6 Å². The average molecular weight is 448 g/mol. The molecule has 31 heavy (non-hydrogen) atoms. The zero-order valence-corrected chi connectivity index (χ0v) is 20.5. The third-order valence-electron chi connectivity index (χ3n) is 4.38. The van der Waals surface area contributed by atoms with Crippen molar-refractivity contribution in [2.45, 2.75) is 6.61 Å². The van der Waals surface area contributed by atoms with Crippen LogP contribution in [0.2, 0.25) is 0 Å². The molecular formula is C20H17KN4O6. The maximum atomic E-state index is 12.8. The van der Waals surface area contributed by atoms with Crippen LogP contribution >= 0.6 is 0 Å². The van der Waals surface area contributed by atoms with E-state index in [9.17, 15) is 4.79 Å². The van der Waals surface area contributed by atoms with E-state index in [0.29, 0.717) is 51.1 Å². The molecule has 0 N–H and O–H groups in total. The van der Waals surface area contributed by atoms with Gasteiger partial charge >= 0.3 is 51.4 Å². The molecule has 0 amide bonds. The van der Waals surface area contributed by atoms with Gasteiger partial charge in [-0.3, -0.25) is 15.1 Å². The maximum Gasteiger partial charge on any atom is 1.00 e.